The molecule has 2 N–H and O–H groups in total. The molecule has 1 aliphatic rings. The molecule has 1 aromatic carbocycles. The van der Waals surface area contributed by atoms with E-state index < -0.39 is 10.0 Å². The Kier molecular flexibility index (Phi) is 7.20. The Bertz CT molecular complexity index is 623. The van der Waals surface area contributed by atoms with Gasteiger partial charge in [-0.1, -0.05) is 12.1 Å². The maximum atomic E-state index is 12.4. The molecule has 0 aromatic heterocycles. The number of carbonyl (C=O) groups excluding carboxylic acids is 1. The number of nitrogens with one attached hydrogen (secondary N) is 2. The van der Waals surface area contributed by atoms with E-state index in [0.717, 1.165) is 31.4 Å². The van der Waals surface area contributed by atoms with Crippen LogP contribution in [0.4, 0.5) is 0 Å². The highest BCUT2D eigenvalue weighted by molar-refractivity contribution is 7.89. The molecule has 0 radical (unpaired) electrons. The Hall–Kier alpha value is -1.44. The zero-order valence-electron chi connectivity index (χ0n) is 14.3. The first kappa shape index (κ1) is 18.9. The molecule has 1 amide bonds. The van der Waals surface area contributed by atoms with Gasteiger partial charge in [0.2, 0.25) is 15.9 Å². The number of rotatable bonds is 9. The second kappa shape index (κ2) is 9.15. The Morgan fingerprint density at radius 2 is 1.79 bits per heavy atom. The average Bonchev–Trinajstić information content (AvgIpc) is 3.13. The van der Waals surface area contributed by atoms with Crippen molar-refractivity contribution in [1.29, 1.82) is 0 Å². The molecular formula is C17H27N3O3S. The number of sulfonamides is 1. The van der Waals surface area contributed by atoms with Crippen molar-refractivity contribution in [2.24, 2.45) is 0 Å². The van der Waals surface area contributed by atoms with Gasteiger partial charge in [0.25, 0.3) is 0 Å². The van der Waals surface area contributed by atoms with Gasteiger partial charge in [0, 0.05) is 26.1 Å². The normalized spacial score (nSPS) is 15.5. The molecule has 0 unspecified atom stereocenters. The average molecular weight is 353 g/mol. The monoisotopic (exact) mass is 353 g/mol. The van der Waals surface area contributed by atoms with Crippen LogP contribution in [0.15, 0.2) is 29.2 Å². The van der Waals surface area contributed by atoms with E-state index in [2.05, 4.69) is 10.6 Å². The predicted octanol–water partition coefficient (Wildman–Crippen LogP) is 1.13. The van der Waals surface area contributed by atoms with Crippen molar-refractivity contribution < 1.29 is 13.2 Å². The van der Waals surface area contributed by atoms with Gasteiger partial charge in [-0.3, -0.25) is 4.79 Å². The first-order valence-corrected chi connectivity index (χ1v) is 9.98. The molecule has 1 fully saturated rings. The summed E-state index contributed by atoms with van der Waals surface area (Å²) in [7, 11) is -1.47. The molecule has 1 saturated heterocycles. The zero-order valence-corrected chi connectivity index (χ0v) is 15.1. The van der Waals surface area contributed by atoms with Crippen molar-refractivity contribution in [2.45, 2.75) is 37.0 Å². The minimum Gasteiger partial charge on any atom is -0.356 e. The molecule has 0 atom stereocenters. The van der Waals surface area contributed by atoms with Crippen molar-refractivity contribution >= 4 is 15.9 Å². The molecule has 2 rings (SSSR count). The molecule has 1 heterocycles. The van der Waals surface area contributed by atoms with Gasteiger partial charge < -0.3 is 10.6 Å². The van der Waals surface area contributed by atoms with E-state index in [0.29, 0.717) is 37.4 Å². The summed E-state index contributed by atoms with van der Waals surface area (Å²) in [6.45, 7) is 2.77. The maximum absolute atomic E-state index is 12.4. The fourth-order valence-corrected chi connectivity index (χ4v) is 4.26. The van der Waals surface area contributed by atoms with Gasteiger partial charge in [-0.15, -0.1) is 0 Å². The number of amides is 1. The first-order chi connectivity index (χ1) is 11.5. The van der Waals surface area contributed by atoms with Crippen molar-refractivity contribution in [3.05, 3.63) is 29.8 Å². The van der Waals surface area contributed by atoms with E-state index in [1.54, 1.807) is 28.6 Å². The van der Waals surface area contributed by atoms with E-state index in [9.17, 15) is 13.2 Å². The smallest absolute Gasteiger partial charge is 0.243 e. The van der Waals surface area contributed by atoms with Crippen molar-refractivity contribution in [3.8, 4) is 0 Å². The summed E-state index contributed by atoms with van der Waals surface area (Å²) in [5, 5.41) is 5.91. The van der Waals surface area contributed by atoms with Crippen LogP contribution in [0.5, 0.6) is 0 Å². The van der Waals surface area contributed by atoms with E-state index in [1.165, 1.54) is 0 Å². The van der Waals surface area contributed by atoms with Gasteiger partial charge in [0.05, 0.1) is 4.90 Å². The molecule has 1 aromatic rings. The van der Waals surface area contributed by atoms with E-state index in [-0.39, 0.29) is 5.91 Å². The third-order valence-corrected chi connectivity index (χ3v) is 6.11. The summed E-state index contributed by atoms with van der Waals surface area (Å²) in [5.74, 6) is 0.0277. The molecule has 6 nitrogen and oxygen atoms in total. The molecule has 0 aliphatic carbocycles. The predicted molar refractivity (Wildman–Crippen MR) is 94.3 cm³/mol. The van der Waals surface area contributed by atoms with Gasteiger partial charge in [0.1, 0.15) is 0 Å². The van der Waals surface area contributed by atoms with Crippen LogP contribution >= 0.6 is 0 Å². The number of benzene rings is 1. The Balaban J connectivity index is 1.82. The van der Waals surface area contributed by atoms with Crippen molar-refractivity contribution in [1.82, 2.24) is 14.9 Å². The van der Waals surface area contributed by atoms with Crippen LogP contribution in [0.3, 0.4) is 0 Å². The SMILES string of the molecule is CNCCCNC(=O)CCc1ccc(S(=O)(=O)N2CCCC2)cc1. The molecule has 24 heavy (non-hydrogen) atoms. The lowest BCUT2D eigenvalue weighted by Crippen LogP contribution is -2.27. The lowest BCUT2D eigenvalue weighted by Gasteiger charge is -2.15. The molecule has 7 heteroatoms. The highest BCUT2D eigenvalue weighted by Gasteiger charge is 2.26. The van der Waals surface area contributed by atoms with Crippen LogP contribution in [0.2, 0.25) is 0 Å². The molecular weight excluding hydrogens is 326 g/mol. The van der Waals surface area contributed by atoms with Crippen LogP contribution in [0, 0.1) is 0 Å². The topological polar surface area (TPSA) is 78.5 Å². The summed E-state index contributed by atoms with van der Waals surface area (Å²) < 4.78 is 26.4. The Morgan fingerprint density at radius 1 is 1.12 bits per heavy atom. The minimum atomic E-state index is -3.36. The molecule has 134 valence electrons. The summed E-state index contributed by atoms with van der Waals surface area (Å²) >= 11 is 0. The number of nitrogens with zero attached hydrogens (tertiary/aromatic N) is 1. The van der Waals surface area contributed by atoms with Crippen LogP contribution in [-0.4, -0.2) is 51.9 Å². The number of hydrogen-bond donors (Lipinski definition) is 2. The van der Waals surface area contributed by atoms with Gasteiger partial charge in [-0.25, -0.2) is 8.42 Å². The largest absolute Gasteiger partial charge is 0.356 e. The number of aryl methyl sites for hydroxylation is 1. The Morgan fingerprint density at radius 3 is 2.42 bits per heavy atom. The van der Waals surface area contributed by atoms with Crippen LogP contribution in [-0.2, 0) is 21.2 Å². The highest BCUT2D eigenvalue weighted by Crippen LogP contribution is 2.21. The molecule has 0 saturated carbocycles. The lowest BCUT2D eigenvalue weighted by molar-refractivity contribution is -0.121. The van der Waals surface area contributed by atoms with Gasteiger partial charge in [-0.05, 0) is 57.0 Å². The van der Waals surface area contributed by atoms with Crippen molar-refractivity contribution in [2.75, 3.05) is 33.2 Å². The van der Waals surface area contributed by atoms with Gasteiger partial charge >= 0.3 is 0 Å². The quantitative estimate of drug-likeness (QED) is 0.653. The van der Waals surface area contributed by atoms with Gasteiger partial charge in [-0.2, -0.15) is 4.31 Å². The van der Waals surface area contributed by atoms with Crippen LogP contribution in [0.25, 0.3) is 0 Å². The van der Waals surface area contributed by atoms with E-state index in [4.69, 9.17) is 0 Å². The maximum Gasteiger partial charge on any atom is 0.243 e. The summed E-state index contributed by atoms with van der Waals surface area (Å²) in [6.07, 6.45) is 3.80. The standard InChI is InChI=1S/C17H27N3O3S/c1-18-11-4-12-19-17(21)10-7-15-5-8-16(9-6-15)24(22,23)20-13-2-3-14-20/h5-6,8-9,18H,2-4,7,10-14H2,1H3,(H,19,21). The minimum absolute atomic E-state index is 0.0277. The third kappa shape index (κ3) is 5.29. The summed E-state index contributed by atoms with van der Waals surface area (Å²) in [5.41, 5.74) is 0.973. The van der Waals surface area contributed by atoms with E-state index >= 15 is 0 Å². The van der Waals surface area contributed by atoms with Gasteiger partial charge in [0.15, 0.2) is 0 Å². The second-order valence-corrected chi connectivity index (χ2v) is 8.00. The lowest BCUT2D eigenvalue weighted by atomic mass is 10.1. The number of carbonyl (C=O) groups is 1. The Labute approximate surface area is 144 Å². The zero-order chi connectivity index (χ0) is 17.4. The summed E-state index contributed by atoms with van der Waals surface area (Å²) in [4.78, 5) is 12.1. The molecule has 1 aliphatic heterocycles. The van der Waals surface area contributed by atoms with Crippen LogP contribution in [0.1, 0.15) is 31.2 Å². The second-order valence-electron chi connectivity index (χ2n) is 6.06. The third-order valence-electron chi connectivity index (χ3n) is 4.19. The first-order valence-electron chi connectivity index (χ1n) is 8.54. The fourth-order valence-electron chi connectivity index (χ4n) is 2.74. The van der Waals surface area contributed by atoms with Crippen LogP contribution < -0.4 is 10.6 Å². The highest BCUT2D eigenvalue weighted by atomic mass is 32.2. The summed E-state index contributed by atoms with van der Waals surface area (Å²) in [6, 6.07) is 6.90. The number of hydrogen-bond acceptors (Lipinski definition) is 4. The fraction of sp³-hybridized carbons (Fsp3) is 0.588. The molecule has 0 spiro atoms. The van der Waals surface area contributed by atoms with Crippen molar-refractivity contribution in [3.63, 3.8) is 0 Å². The van der Waals surface area contributed by atoms with E-state index in [1.807, 2.05) is 7.05 Å². The molecule has 0 bridgehead atoms.